The molecule has 0 aliphatic carbocycles. The van der Waals surface area contributed by atoms with Gasteiger partial charge in [0.25, 0.3) is 0 Å². The number of alkyl halides is 3. The fourth-order valence-electron chi connectivity index (χ4n) is 4.42. The molecule has 0 bridgehead atoms. The highest BCUT2D eigenvalue weighted by Crippen LogP contribution is 2.39. The molecule has 2 atom stereocenters. The highest BCUT2D eigenvalue weighted by Gasteiger charge is 2.38. The van der Waals surface area contributed by atoms with Crippen LogP contribution in [0.25, 0.3) is 0 Å². The molecule has 2 aliphatic heterocycles. The second kappa shape index (κ2) is 9.00. The molecular weight excluding hydrogens is 435 g/mol. The molecule has 0 radical (unpaired) electrons. The molecule has 33 heavy (non-hydrogen) atoms. The molecule has 1 aromatic carbocycles. The third kappa shape index (κ3) is 5.34. The number of halogens is 3. The monoisotopic (exact) mass is 465 g/mol. The summed E-state index contributed by atoms with van der Waals surface area (Å²) in [6, 6.07) is 5.28. The lowest BCUT2D eigenvalue weighted by molar-refractivity contribution is -0.137. The summed E-state index contributed by atoms with van der Waals surface area (Å²) in [5.74, 6) is 0.0526. The van der Waals surface area contributed by atoms with Crippen molar-refractivity contribution in [2.24, 2.45) is 0 Å². The maximum Gasteiger partial charge on any atom is 0.416 e. The summed E-state index contributed by atoms with van der Waals surface area (Å²) in [5, 5.41) is 0. The molecule has 2 amide bonds. The number of oxazole rings is 1. The van der Waals surface area contributed by atoms with Crippen molar-refractivity contribution in [1.82, 2.24) is 14.8 Å². The van der Waals surface area contributed by atoms with Gasteiger partial charge in [-0.05, 0) is 18.1 Å². The Morgan fingerprint density at radius 1 is 1.06 bits per heavy atom. The van der Waals surface area contributed by atoms with Crippen molar-refractivity contribution in [2.45, 2.75) is 50.6 Å². The van der Waals surface area contributed by atoms with E-state index < -0.39 is 11.7 Å². The Morgan fingerprint density at radius 2 is 1.76 bits per heavy atom. The average Bonchev–Trinajstić information content (AvgIpc) is 3.30. The summed E-state index contributed by atoms with van der Waals surface area (Å²) in [4.78, 5) is 21.4. The van der Waals surface area contributed by atoms with Gasteiger partial charge in [-0.3, -0.25) is 0 Å². The number of hydrogen-bond acceptors (Lipinski definition) is 4. The zero-order valence-corrected chi connectivity index (χ0v) is 19.2. The number of urea groups is 1. The van der Waals surface area contributed by atoms with Crippen LogP contribution in [0.3, 0.4) is 0 Å². The van der Waals surface area contributed by atoms with Crippen LogP contribution in [-0.2, 0) is 16.3 Å². The molecular formula is C24H30F3N3O3. The Balaban J connectivity index is 1.63. The molecule has 2 aliphatic rings. The number of carbonyl (C=O) groups is 1. The fraction of sp³-hybridized carbons (Fsp3) is 0.583. The normalized spacial score (nSPS) is 22.5. The van der Waals surface area contributed by atoms with Crippen LogP contribution in [-0.4, -0.2) is 60.2 Å². The zero-order valence-electron chi connectivity index (χ0n) is 19.2. The SMILES string of the molecule is CC(C)(C)c1coc(C2CC(c3cccc(C(F)(F)F)c3)CN(C(=O)N3CCOCC3)C2)n1. The van der Waals surface area contributed by atoms with Crippen LogP contribution < -0.4 is 0 Å². The minimum absolute atomic E-state index is 0.123. The Kier molecular flexibility index (Phi) is 6.44. The smallest absolute Gasteiger partial charge is 0.416 e. The van der Waals surface area contributed by atoms with Gasteiger partial charge in [0, 0.05) is 37.5 Å². The summed E-state index contributed by atoms with van der Waals surface area (Å²) >= 11 is 0. The van der Waals surface area contributed by atoms with Gasteiger partial charge in [-0.1, -0.05) is 39.0 Å². The summed E-state index contributed by atoms with van der Waals surface area (Å²) in [5.41, 5.74) is 0.501. The molecule has 2 unspecified atom stereocenters. The number of morpholine rings is 1. The summed E-state index contributed by atoms with van der Waals surface area (Å²) < 4.78 is 51.2. The lowest BCUT2D eigenvalue weighted by Crippen LogP contribution is -2.52. The van der Waals surface area contributed by atoms with Crippen LogP contribution in [0.5, 0.6) is 0 Å². The summed E-state index contributed by atoms with van der Waals surface area (Å²) in [7, 11) is 0. The van der Waals surface area contributed by atoms with E-state index in [0.717, 1.165) is 11.8 Å². The Bertz CT molecular complexity index is 977. The molecule has 4 rings (SSSR count). The van der Waals surface area contributed by atoms with Crippen LogP contribution in [0.4, 0.5) is 18.0 Å². The Labute approximate surface area is 191 Å². The quantitative estimate of drug-likeness (QED) is 0.625. The molecule has 9 heteroatoms. The number of nitrogens with zero attached hydrogens (tertiary/aromatic N) is 3. The van der Waals surface area contributed by atoms with E-state index in [-0.39, 0.29) is 23.3 Å². The van der Waals surface area contributed by atoms with E-state index in [2.05, 4.69) is 4.98 Å². The number of hydrogen-bond donors (Lipinski definition) is 0. The Morgan fingerprint density at radius 3 is 2.39 bits per heavy atom. The molecule has 3 heterocycles. The van der Waals surface area contributed by atoms with E-state index in [1.54, 1.807) is 22.1 Å². The fourth-order valence-corrected chi connectivity index (χ4v) is 4.42. The van der Waals surface area contributed by atoms with E-state index >= 15 is 0 Å². The predicted molar refractivity (Wildman–Crippen MR) is 116 cm³/mol. The van der Waals surface area contributed by atoms with Crippen molar-refractivity contribution in [3.8, 4) is 0 Å². The Hall–Kier alpha value is -2.55. The molecule has 1 aromatic heterocycles. The third-order valence-corrected chi connectivity index (χ3v) is 6.33. The molecule has 2 aromatic rings. The number of aromatic nitrogens is 1. The van der Waals surface area contributed by atoms with Gasteiger partial charge in [-0.15, -0.1) is 0 Å². The maximum atomic E-state index is 13.3. The standard InChI is InChI=1S/C24H30F3N3O3/c1-23(2,3)20-15-33-21(28-20)18-11-17(16-5-4-6-19(12-16)24(25,26)27)13-30(14-18)22(31)29-7-9-32-10-8-29/h4-6,12,15,17-18H,7-11,13-14H2,1-3H3. The van der Waals surface area contributed by atoms with E-state index in [4.69, 9.17) is 9.15 Å². The maximum absolute atomic E-state index is 13.3. The van der Waals surface area contributed by atoms with Crippen molar-refractivity contribution in [3.63, 3.8) is 0 Å². The molecule has 2 saturated heterocycles. The van der Waals surface area contributed by atoms with Gasteiger partial charge in [0.05, 0.1) is 30.4 Å². The van der Waals surface area contributed by atoms with Gasteiger partial charge < -0.3 is 19.0 Å². The first-order chi connectivity index (χ1) is 15.5. The van der Waals surface area contributed by atoms with Crippen molar-refractivity contribution < 1.29 is 27.1 Å². The lowest BCUT2D eigenvalue weighted by Gasteiger charge is -2.40. The van der Waals surface area contributed by atoms with Crippen LogP contribution >= 0.6 is 0 Å². The lowest BCUT2D eigenvalue weighted by atomic mass is 9.84. The number of likely N-dealkylation sites (tertiary alicyclic amines) is 1. The number of piperidine rings is 1. The van der Waals surface area contributed by atoms with Gasteiger partial charge >= 0.3 is 12.2 Å². The third-order valence-electron chi connectivity index (χ3n) is 6.33. The van der Waals surface area contributed by atoms with Crippen molar-refractivity contribution in [3.05, 3.63) is 53.2 Å². The van der Waals surface area contributed by atoms with Gasteiger partial charge in [0.15, 0.2) is 5.89 Å². The summed E-state index contributed by atoms with van der Waals surface area (Å²) in [6.45, 7) is 8.84. The predicted octanol–water partition coefficient (Wildman–Crippen LogP) is 5.02. The van der Waals surface area contributed by atoms with E-state index in [0.29, 0.717) is 57.3 Å². The van der Waals surface area contributed by atoms with Crippen molar-refractivity contribution >= 4 is 6.03 Å². The highest BCUT2D eigenvalue weighted by molar-refractivity contribution is 5.75. The van der Waals surface area contributed by atoms with Gasteiger partial charge in [0.1, 0.15) is 6.26 Å². The van der Waals surface area contributed by atoms with Gasteiger partial charge in [-0.2, -0.15) is 13.2 Å². The zero-order chi connectivity index (χ0) is 23.8. The van der Waals surface area contributed by atoms with E-state index in [1.807, 2.05) is 20.8 Å². The number of rotatable bonds is 2. The van der Waals surface area contributed by atoms with Gasteiger partial charge in [0.2, 0.25) is 0 Å². The van der Waals surface area contributed by atoms with Crippen LogP contribution in [0.2, 0.25) is 0 Å². The first-order valence-corrected chi connectivity index (χ1v) is 11.3. The molecule has 180 valence electrons. The number of carbonyl (C=O) groups excluding carboxylic acids is 1. The van der Waals surface area contributed by atoms with Crippen molar-refractivity contribution in [1.29, 1.82) is 0 Å². The summed E-state index contributed by atoms with van der Waals surface area (Å²) in [6.07, 6.45) is -2.23. The second-order valence-corrected chi connectivity index (χ2v) is 9.86. The van der Waals surface area contributed by atoms with E-state index in [9.17, 15) is 18.0 Å². The van der Waals surface area contributed by atoms with Crippen LogP contribution in [0, 0.1) is 0 Å². The molecule has 0 N–H and O–H groups in total. The van der Waals surface area contributed by atoms with E-state index in [1.165, 1.54) is 12.1 Å². The minimum atomic E-state index is -4.42. The first kappa shape index (κ1) is 23.6. The second-order valence-electron chi connectivity index (χ2n) is 9.86. The molecule has 0 saturated carbocycles. The number of ether oxygens (including phenoxy) is 1. The average molecular weight is 466 g/mol. The van der Waals surface area contributed by atoms with Crippen molar-refractivity contribution in [2.75, 3.05) is 39.4 Å². The topological polar surface area (TPSA) is 58.8 Å². The highest BCUT2D eigenvalue weighted by atomic mass is 19.4. The minimum Gasteiger partial charge on any atom is -0.448 e. The largest absolute Gasteiger partial charge is 0.448 e. The number of amides is 2. The van der Waals surface area contributed by atoms with Crippen LogP contribution in [0.1, 0.15) is 61.7 Å². The molecule has 2 fully saturated rings. The van der Waals surface area contributed by atoms with Crippen LogP contribution in [0.15, 0.2) is 34.9 Å². The van der Waals surface area contributed by atoms with Gasteiger partial charge in [-0.25, -0.2) is 9.78 Å². The first-order valence-electron chi connectivity index (χ1n) is 11.3. The molecule has 6 nitrogen and oxygen atoms in total. The molecule has 0 spiro atoms. The number of benzene rings is 1.